The van der Waals surface area contributed by atoms with Gasteiger partial charge in [0.15, 0.2) is 0 Å². The number of fused-ring (bicyclic) bond motifs is 3. The zero-order valence-corrected chi connectivity index (χ0v) is 12.7. The molecule has 0 aliphatic heterocycles. The van der Waals surface area contributed by atoms with Crippen molar-refractivity contribution in [3.8, 4) is 28.4 Å². The highest BCUT2D eigenvalue weighted by molar-refractivity contribution is 5.81. The van der Waals surface area contributed by atoms with Crippen molar-refractivity contribution in [2.45, 2.75) is 12.2 Å². The molecule has 0 saturated carbocycles. The molecule has 2 aromatic carbocycles. The zero-order valence-electron chi connectivity index (χ0n) is 12.7. The Hall–Kier alpha value is -2.24. The third kappa shape index (κ3) is 2.10. The standard InChI is InChI=1S/C17H18O5/c1-20-10-7-13-15(14(8-10)21-2)11-5-4-9(18)6-12(11)16(19)17(13)22-3/h4-8,16-19H,1-3H3. The molecule has 2 unspecified atom stereocenters. The van der Waals surface area contributed by atoms with Crippen molar-refractivity contribution >= 4 is 0 Å². The van der Waals surface area contributed by atoms with E-state index in [0.29, 0.717) is 17.1 Å². The second kappa shape index (κ2) is 5.51. The van der Waals surface area contributed by atoms with Gasteiger partial charge in [0, 0.05) is 18.7 Å². The molecule has 0 spiro atoms. The van der Waals surface area contributed by atoms with Gasteiger partial charge in [0.05, 0.1) is 14.2 Å². The van der Waals surface area contributed by atoms with Crippen LogP contribution in [0.5, 0.6) is 17.2 Å². The van der Waals surface area contributed by atoms with Crippen LogP contribution in [-0.4, -0.2) is 31.5 Å². The fourth-order valence-corrected chi connectivity index (χ4v) is 3.01. The molecule has 0 saturated heterocycles. The third-order valence-electron chi connectivity index (χ3n) is 4.03. The van der Waals surface area contributed by atoms with Crippen molar-refractivity contribution < 1.29 is 24.4 Å². The van der Waals surface area contributed by atoms with Crippen LogP contribution in [0.25, 0.3) is 11.1 Å². The highest BCUT2D eigenvalue weighted by Gasteiger charge is 2.35. The molecule has 0 aromatic heterocycles. The van der Waals surface area contributed by atoms with Gasteiger partial charge < -0.3 is 24.4 Å². The quantitative estimate of drug-likeness (QED) is 0.912. The maximum atomic E-state index is 10.6. The van der Waals surface area contributed by atoms with Gasteiger partial charge in [-0.05, 0) is 34.9 Å². The number of hydrogen-bond acceptors (Lipinski definition) is 5. The molecular weight excluding hydrogens is 284 g/mol. The summed E-state index contributed by atoms with van der Waals surface area (Å²) < 4.78 is 16.3. The van der Waals surface area contributed by atoms with E-state index in [1.807, 2.05) is 6.07 Å². The zero-order chi connectivity index (χ0) is 15.9. The summed E-state index contributed by atoms with van der Waals surface area (Å²) in [5, 5.41) is 20.3. The Kier molecular flexibility index (Phi) is 3.68. The van der Waals surface area contributed by atoms with Gasteiger partial charge in [-0.2, -0.15) is 0 Å². The van der Waals surface area contributed by atoms with Gasteiger partial charge in [0.25, 0.3) is 0 Å². The summed E-state index contributed by atoms with van der Waals surface area (Å²) >= 11 is 0. The number of methoxy groups -OCH3 is 3. The summed E-state index contributed by atoms with van der Waals surface area (Å²) in [5.41, 5.74) is 3.07. The van der Waals surface area contributed by atoms with E-state index in [1.165, 1.54) is 7.11 Å². The Morgan fingerprint density at radius 1 is 0.955 bits per heavy atom. The van der Waals surface area contributed by atoms with E-state index in [1.54, 1.807) is 38.5 Å². The van der Waals surface area contributed by atoms with Crippen LogP contribution < -0.4 is 9.47 Å². The first-order valence-corrected chi connectivity index (χ1v) is 6.90. The minimum Gasteiger partial charge on any atom is -0.508 e. The molecule has 3 rings (SSSR count). The van der Waals surface area contributed by atoms with Crippen LogP contribution >= 0.6 is 0 Å². The second-order valence-corrected chi connectivity index (χ2v) is 5.17. The van der Waals surface area contributed by atoms with Crippen molar-refractivity contribution in [2.75, 3.05) is 21.3 Å². The minimum atomic E-state index is -0.878. The minimum absolute atomic E-state index is 0.101. The number of benzene rings is 2. The summed E-state index contributed by atoms with van der Waals surface area (Å²) in [7, 11) is 4.70. The summed E-state index contributed by atoms with van der Waals surface area (Å²) in [6.07, 6.45) is -1.44. The summed E-state index contributed by atoms with van der Waals surface area (Å²) in [5.74, 6) is 1.37. The first kappa shape index (κ1) is 14.7. The van der Waals surface area contributed by atoms with Crippen LogP contribution in [0.4, 0.5) is 0 Å². The maximum Gasteiger partial charge on any atom is 0.130 e. The maximum absolute atomic E-state index is 10.6. The molecule has 0 bridgehead atoms. The van der Waals surface area contributed by atoms with E-state index in [2.05, 4.69) is 0 Å². The largest absolute Gasteiger partial charge is 0.508 e. The lowest BCUT2D eigenvalue weighted by Crippen LogP contribution is -2.19. The van der Waals surface area contributed by atoms with Crippen LogP contribution in [-0.2, 0) is 4.74 Å². The van der Waals surface area contributed by atoms with E-state index in [9.17, 15) is 10.2 Å². The first-order chi connectivity index (χ1) is 10.6. The van der Waals surface area contributed by atoms with Crippen LogP contribution in [0.1, 0.15) is 23.3 Å². The molecule has 2 N–H and O–H groups in total. The Balaban J connectivity index is 2.34. The van der Waals surface area contributed by atoms with Crippen molar-refractivity contribution in [3.63, 3.8) is 0 Å². The van der Waals surface area contributed by atoms with Gasteiger partial charge in [-0.15, -0.1) is 0 Å². The highest BCUT2D eigenvalue weighted by Crippen LogP contribution is 2.51. The van der Waals surface area contributed by atoms with Gasteiger partial charge in [0.2, 0.25) is 0 Å². The number of phenolic OH excluding ortho intramolecular Hbond substituents is 1. The van der Waals surface area contributed by atoms with Gasteiger partial charge in [-0.1, -0.05) is 6.07 Å². The monoisotopic (exact) mass is 302 g/mol. The molecule has 0 amide bonds. The number of rotatable bonds is 3. The first-order valence-electron chi connectivity index (χ1n) is 6.90. The molecule has 5 heteroatoms. The van der Waals surface area contributed by atoms with Crippen molar-refractivity contribution in [1.82, 2.24) is 0 Å². The summed E-state index contributed by atoms with van der Waals surface area (Å²) in [4.78, 5) is 0. The van der Waals surface area contributed by atoms with E-state index >= 15 is 0 Å². The Labute approximate surface area is 128 Å². The lowest BCUT2D eigenvalue weighted by Gasteiger charge is -2.32. The third-order valence-corrected chi connectivity index (χ3v) is 4.03. The molecule has 2 aromatic rings. The Morgan fingerprint density at radius 2 is 1.73 bits per heavy atom. The molecular formula is C17H18O5. The SMILES string of the molecule is COc1cc(OC)c2c(c1)C(OC)C(O)c1cc(O)ccc1-2. The molecule has 1 aliphatic rings. The van der Waals surface area contributed by atoms with Gasteiger partial charge in [-0.25, -0.2) is 0 Å². The number of aliphatic hydroxyl groups is 1. The smallest absolute Gasteiger partial charge is 0.130 e. The number of aromatic hydroxyl groups is 1. The lowest BCUT2D eigenvalue weighted by molar-refractivity contribution is -0.0164. The van der Waals surface area contributed by atoms with E-state index in [0.717, 1.165) is 16.7 Å². The van der Waals surface area contributed by atoms with Crippen LogP contribution in [0, 0.1) is 0 Å². The second-order valence-electron chi connectivity index (χ2n) is 5.17. The van der Waals surface area contributed by atoms with E-state index in [4.69, 9.17) is 14.2 Å². The normalized spacial score (nSPS) is 19.3. The number of ether oxygens (including phenoxy) is 3. The number of aliphatic hydroxyl groups excluding tert-OH is 1. The number of hydrogen-bond donors (Lipinski definition) is 2. The molecule has 0 radical (unpaired) electrons. The molecule has 116 valence electrons. The van der Waals surface area contributed by atoms with E-state index < -0.39 is 12.2 Å². The Bertz CT molecular complexity index is 710. The topological polar surface area (TPSA) is 68.2 Å². The van der Waals surface area contributed by atoms with Gasteiger partial charge in [0.1, 0.15) is 29.5 Å². The van der Waals surface area contributed by atoms with E-state index in [-0.39, 0.29) is 5.75 Å². The highest BCUT2D eigenvalue weighted by atomic mass is 16.5. The van der Waals surface area contributed by atoms with Crippen LogP contribution in [0.2, 0.25) is 0 Å². The number of phenols is 1. The Morgan fingerprint density at radius 3 is 2.36 bits per heavy atom. The molecule has 5 nitrogen and oxygen atoms in total. The molecule has 2 atom stereocenters. The van der Waals surface area contributed by atoms with Gasteiger partial charge >= 0.3 is 0 Å². The van der Waals surface area contributed by atoms with Gasteiger partial charge in [-0.3, -0.25) is 0 Å². The molecule has 22 heavy (non-hydrogen) atoms. The summed E-state index contributed by atoms with van der Waals surface area (Å²) in [6, 6.07) is 8.54. The van der Waals surface area contributed by atoms with Crippen molar-refractivity contribution in [2.24, 2.45) is 0 Å². The predicted molar refractivity (Wildman–Crippen MR) is 81.4 cm³/mol. The summed E-state index contributed by atoms with van der Waals surface area (Å²) in [6.45, 7) is 0. The average Bonchev–Trinajstić information content (AvgIpc) is 2.54. The average molecular weight is 302 g/mol. The van der Waals surface area contributed by atoms with Crippen LogP contribution in [0.15, 0.2) is 30.3 Å². The van der Waals surface area contributed by atoms with Crippen molar-refractivity contribution in [1.29, 1.82) is 0 Å². The predicted octanol–water partition coefficient (Wildman–Crippen LogP) is 2.81. The molecule has 1 aliphatic carbocycles. The molecule has 0 heterocycles. The lowest BCUT2D eigenvalue weighted by atomic mass is 9.81. The van der Waals surface area contributed by atoms with Crippen molar-refractivity contribution in [3.05, 3.63) is 41.5 Å². The molecule has 0 fully saturated rings. The fourth-order valence-electron chi connectivity index (χ4n) is 3.01. The fraction of sp³-hybridized carbons (Fsp3) is 0.294. The van der Waals surface area contributed by atoms with Crippen LogP contribution in [0.3, 0.4) is 0 Å².